The number of hydrogen-bond donors (Lipinski definition) is 2. The molecule has 0 radical (unpaired) electrons. The Hall–Kier alpha value is -1.75. The fourth-order valence-electron chi connectivity index (χ4n) is 2.99. The van der Waals surface area contributed by atoms with Crippen molar-refractivity contribution < 1.29 is 19.4 Å². The van der Waals surface area contributed by atoms with Crippen molar-refractivity contribution in [3.63, 3.8) is 0 Å². The molecule has 5 nitrogen and oxygen atoms in total. The summed E-state index contributed by atoms with van der Waals surface area (Å²) in [6.45, 7) is 1.22. The lowest BCUT2D eigenvalue weighted by Gasteiger charge is -2.28. The molecule has 1 aliphatic carbocycles. The molecule has 114 valence electrons. The van der Waals surface area contributed by atoms with E-state index in [2.05, 4.69) is 5.32 Å². The van der Waals surface area contributed by atoms with E-state index in [4.69, 9.17) is 9.47 Å². The number of aliphatic hydroxyl groups is 1. The lowest BCUT2D eigenvalue weighted by molar-refractivity contribution is 0.0838. The molecule has 0 atom stereocenters. The van der Waals surface area contributed by atoms with Crippen LogP contribution in [0.15, 0.2) is 18.2 Å². The van der Waals surface area contributed by atoms with Gasteiger partial charge in [0.1, 0.15) is 0 Å². The van der Waals surface area contributed by atoms with Gasteiger partial charge in [0.15, 0.2) is 11.5 Å². The van der Waals surface area contributed by atoms with E-state index in [-0.39, 0.29) is 12.5 Å². The predicted octanol–water partition coefficient (Wildman–Crippen LogP) is 1.88. The Labute approximate surface area is 124 Å². The number of hydrogen-bond acceptors (Lipinski definition) is 4. The Morgan fingerprint density at radius 2 is 1.86 bits per heavy atom. The van der Waals surface area contributed by atoms with E-state index >= 15 is 0 Å². The molecule has 0 saturated heterocycles. The van der Waals surface area contributed by atoms with Crippen LogP contribution in [0, 0.1) is 0 Å². The lowest BCUT2D eigenvalue weighted by atomic mass is 9.98. The molecular formula is C16H21NO4. The Morgan fingerprint density at radius 3 is 2.57 bits per heavy atom. The number of carbonyl (C=O) groups is 1. The molecule has 21 heavy (non-hydrogen) atoms. The van der Waals surface area contributed by atoms with Gasteiger partial charge in [-0.15, -0.1) is 0 Å². The van der Waals surface area contributed by atoms with Crippen LogP contribution in [0.2, 0.25) is 0 Å². The minimum absolute atomic E-state index is 0.0106. The normalized spacial score (nSPS) is 19.9. The van der Waals surface area contributed by atoms with Crippen molar-refractivity contribution in [1.29, 1.82) is 0 Å². The third-order valence-corrected chi connectivity index (χ3v) is 4.25. The molecule has 1 aromatic carbocycles. The summed E-state index contributed by atoms with van der Waals surface area (Å²) in [5.74, 6) is 1.13. The van der Waals surface area contributed by atoms with Gasteiger partial charge in [-0.3, -0.25) is 4.79 Å². The second-order valence-corrected chi connectivity index (χ2v) is 5.81. The summed E-state index contributed by atoms with van der Waals surface area (Å²) < 4.78 is 11.2. The molecule has 0 aromatic heterocycles. The smallest absolute Gasteiger partial charge is 0.251 e. The van der Waals surface area contributed by atoms with E-state index in [1.807, 2.05) is 0 Å². The van der Waals surface area contributed by atoms with Crippen molar-refractivity contribution in [1.82, 2.24) is 5.32 Å². The van der Waals surface area contributed by atoms with Crippen molar-refractivity contribution in [2.24, 2.45) is 0 Å². The van der Waals surface area contributed by atoms with Crippen LogP contribution < -0.4 is 14.8 Å². The molecule has 0 unspecified atom stereocenters. The monoisotopic (exact) mass is 291 g/mol. The van der Waals surface area contributed by atoms with Crippen molar-refractivity contribution in [3.8, 4) is 11.5 Å². The van der Waals surface area contributed by atoms with Crippen LogP contribution in [0.4, 0.5) is 0 Å². The quantitative estimate of drug-likeness (QED) is 0.892. The largest absolute Gasteiger partial charge is 0.490 e. The van der Waals surface area contributed by atoms with Gasteiger partial charge in [-0.2, -0.15) is 0 Å². The number of amides is 1. The maximum absolute atomic E-state index is 12.4. The van der Waals surface area contributed by atoms with Crippen LogP contribution in [0.3, 0.4) is 0 Å². The molecule has 0 bridgehead atoms. The topological polar surface area (TPSA) is 67.8 Å². The minimum atomic E-state index is -0.457. The van der Waals surface area contributed by atoms with Gasteiger partial charge in [0, 0.05) is 12.0 Å². The molecule has 1 saturated carbocycles. The summed E-state index contributed by atoms with van der Waals surface area (Å²) in [6, 6.07) is 5.23. The highest BCUT2D eigenvalue weighted by Gasteiger charge is 2.35. The molecular weight excluding hydrogens is 270 g/mol. The Balaban J connectivity index is 1.77. The zero-order valence-electron chi connectivity index (χ0n) is 12.1. The summed E-state index contributed by atoms with van der Waals surface area (Å²) in [4.78, 5) is 12.4. The number of carbonyl (C=O) groups excluding carboxylic acids is 1. The summed E-state index contributed by atoms with van der Waals surface area (Å²) in [7, 11) is 0. The zero-order valence-corrected chi connectivity index (χ0v) is 12.1. The second-order valence-electron chi connectivity index (χ2n) is 5.81. The number of aliphatic hydroxyl groups excluding tert-OH is 1. The van der Waals surface area contributed by atoms with Crippen molar-refractivity contribution in [3.05, 3.63) is 23.8 Å². The molecule has 3 rings (SSSR count). The highest BCUT2D eigenvalue weighted by molar-refractivity contribution is 5.95. The number of rotatable bonds is 3. The van der Waals surface area contributed by atoms with Gasteiger partial charge in [-0.25, -0.2) is 0 Å². The van der Waals surface area contributed by atoms with Gasteiger partial charge in [0.2, 0.25) is 0 Å². The number of ether oxygens (including phenoxy) is 2. The molecule has 2 N–H and O–H groups in total. The first-order valence-corrected chi connectivity index (χ1v) is 7.55. The maximum atomic E-state index is 12.4. The highest BCUT2D eigenvalue weighted by atomic mass is 16.5. The predicted molar refractivity (Wildman–Crippen MR) is 77.8 cm³/mol. The highest BCUT2D eigenvalue weighted by Crippen LogP contribution is 2.32. The minimum Gasteiger partial charge on any atom is -0.490 e. The molecule has 2 aliphatic rings. The van der Waals surface area contributed by atoms with E-state index < -0.39 is 5.54 Å². The van der Waals surface area contributed by atoms with Crippen LogP contribution in [0.25, 0.3) is 0 Å². The molecule has 1 aromatic rings. The van der Waals surface area contributed by atoms with Gasteiger partial charge in [-0.05, 0) is 31.0 Å². The maximum Gasteiger partial charge on any atom is 0.251 e. The third kappa shape index (κ3) is 2.97. The molecule has 1 amide bonds. The zero-order chi connectivity index (χ0) is 14.7. The molecule has 0 spiro atoms. The van der Waals surface area contributed by atoms with Gasteiger partial charge in [0.25, 0.3) is 5.91 Å². The molecule has 5 heteroatoms. The number of benzene rings is 1. The molecule has 1 fully saturated rings. The Morgan fingerprint density at radius 1 is 1.14 bits per heavy atom. The van der Waals surface area contributed by atoms with Gasteiger partial charge >= 0.3 is 0 Å². The van der Waals surface area contributed by atoms with E-state index in [1.165, 1.54) is 0 Å². The first-order chi connectivity index (χ1) is 10.2. The fourth-order valence-corrected chi connectivity index (χ4v) is 2.99. The summed E-state index contributed by atoms with van der Waals surface area (Å²) in [5.41, 5.74) is 0.0836. The number of fused-ring (bicyclic) bond motifs is 1. The summed E-state index contributed by atoms with van der Waals surface area (Å²) in [6.07, 6.45) is 4.59. The van der Waals surface area contributed by atoms with Gasteiger partial charge in [-0.1, -0.05) is 12.8 Å². The average molecular weight is 291 g/mol. The van der Waals surface area contributed by atoms with E-state index in [0.29, 0.717) is 30.3 Å². The standard InChI is InChI=1S/C16H21NO4/c18-11-16(6-1-2-7-16)17-15(19)12-4-5-13-14(10-12)21-9-3-8-20-13/h4-5,10,18H,1-3,6-9,11H2,(H,17,19). The van der Waals surface area contributed by atoms with Gasteiger partial charge in [0.05, 0.1) is 25.4 Å². The van der Waals surface area contributed by atoms with Crippen molar-refractivity contribution >= 4 is 5.91 Å². The number of nitrogens with one attached hydrogen (secondary N) is 1. The van der Waals surface area contributed by atoms with Crippen LogP contribution in [-0.4, -0.2) is 36.4 Å². The average Bonchev–Trinajstić information content (AvgIpc) is 2.84. The van der Waals surface area contributed by atoms with Crippen molar-refractivity contribution in [2.75, 3.05) is 19.8 Å². The molecule has 1 aliphatic heterocycles. The Kier molecular flexibility index (Phi) is 4.01. The SMILES string of the molecule is O=C(NC1(CO)CCCC1)c1ccc2c(c1)OCCCO2. The molecule has 1 heterocycles. The van der Waals surface area contributed by atoms with Crippen LogP contribution in [0.1, 0.15) is 42.5 Å². The second kappa shape index (κ2) is 5.93. The third-order valence-electron chi connectivity index (χ3n) is 4.25. The first-order valence-electron chi connectivity index (χ1n) is 7.55. The summed E-state index contributed by atoms with van der Waals surface area (Å²) >= 11 is 0. The summed E-state index contributed by atoms with van der Waals surface area (Å²) in [5, 5.41) is 12.6. The first kappa shape index (κ1) is 14.2. The van der Waals surface area contributed by atoms with E-state index in [0.717, 1.165) is 32.1 Å². The fraction of sp³-hybridized carbons (Fsp3) is 0.562. The van der Waals surface area contributed by atoms with Crippen LogP contribution in [-0.2, 0) is 0 Å². The lowest BCUT2D eigenvalue weighted by Crippen LogP contribution is -2.49. The van der Waals surface area contributed by atoms with E-state index in [1.54, 1.807) is 18.2 Å². The van der Waals surface area contributed by atoms with Crippen LogP contribution in [0.5, 0.6) is 11.5 Å². The van der Waals surface area contributed by atoms with E-state index in [9.17, 15) is 9.90 Å². The van der Waals surface area contributed by atoms with Gasteiger partial charge < -0.3 is 19.9 Å². The van der Waals surface area contributed by atoms with Crippen LogP contribution >= 0.6 is 0 Å². The Bertz CT molecular complexity index is 523. The van der Waals surface area contributed by atoms with Crippen molar-refractivity contribution in [2.45, 2.75) is 37.6 Å².